The van der Waals surface area contributed by atoms with Crippen LogP contribution in [-0.4, -0.2) is 53.0 Å². The van der Waals surface area contributed by atoms with E-state index < -0.39 is 16.6 Å². The van der Waals surface area contributed by atoms with E-state index in [1.165, 1.54) is 18.2 Å². The van der Waals surface area contributed by atoms with Gasteiger partial charge < -0.3 is 19.8 Å². The van der Waals surface area contributed by atoms with Crippen LogP contribution in [0.25, 0.3) is 0 Å². The predicted octanol–water partition coefficient (Wildman–Crippen LogP) is 0.879. The van der Waals surface area contributed by atoms with Crippen molar-refractivity contribution in [3.8, 4) is 0 Å². The quantitative estimate of drug-likeness (QED) is 0.626. The second-order valence-corrected chi connectivity index (χ2v) is 4.90. The Hall–Kier alpha value is -2.19. The largest absolute Gasteiger partial charge is 0.477 e. The van der Waals surface area contributed by atoms with E-state index in [0.717, 1.165) is 0 Å². The van der Waals surface area contributed by atoms with Gasteiger partial charge in [0.1, 0.15) is 5.56 Å². The van der Waals surface area contributed by atoms with E-state index in [2.05, 4.69) is 0 Å². The summed E-state index contributed by atoms with van der Waals surface area (Å²) >= 11 is 0. The van der Waals surface area contributed by atoms with Crippen molar-refractivity contribution in [2.24, 2.45) is 0 Å². The first-order valence-corrected chi connectivity index (χ1v) is 6.45. The number of aromatic carboxylic acids is 1. The molecule has 114 valence electrons. The molecule has 8 nitrogen and oxygen atoms in total. The van der Waals surface area contributed by atoms with Crippen LogP contribution in [0.15, 0.2) is 18.2 Å². The predicted molar refractivity (Wildman–Crippen MR) is 73.7 cm³/mol. The van der Waals surface area contributed by atoms with Gasteiger partial charge in [-0.15, -0.1) is 0 Å². The van der Waals surface area contributed by atoms with Crippen molar-refractivity contribution >= 4 is 17.3 Å². The summed E-state index contributed by atoms with van der Waals surface area (Å²) in [6.45, 7) is 2.53. The van der Waals surface area contributed by atoms with Gasteiger partial charge in [-0.2, -0.15) is 0 Å². The third kappa shape index (κ3) is 3.11. The molecule has 1 aliphatic heterocycles. The molecule has 2 rings (SSSR count). The zero-order valence-electron chi connectivity index (χ0n) is 11.4. The molecular weight excluding hydrogens is 280 g/mol. The number of hydrogen-bond donors (Lipinski definition) is 2. The third-order valence-corrected chi connectivity index (χ3v) is 3.45. The maximum atomic E-state index is 11.0. The summed E-state index contributed by atoms with van der Waals surface area (Å²) < 4.78 is 5.41. The van der Waals surface area contributed by atoms with E-state index >= 15 is 0 Å². The van der Waals surface area contributed by atoms with Gasteiger partial charge in [0.05, 0.1) is 24.2 Å². The maximum absolute atomic E-state index is 11.0. The molecule has 21 heavy (non-hydrogen) atoms. The van der Waals surface area contributed by atoms with Crippen molar-refractivity contribution in [1.29, 1.82) is 0 Å². The Bertz CT molecular complexity index is 562. The summed E-state index contributed by atoms with van der Waals surface area (Å²) in [6.07, 6.45) is -0.362. The molecule has 1 saturated heterocycles. The summed E-state index contributed by atoms with van der Waals surface area (Å²) in [4.78, 5) is 23.2. The average Bonchev–Trinajstić information content (AvgIpc) is 2.47. The van der Waals surface area contributed by atoms with Crippen LogP contribution >= 0.6 is 0 Å². The number of aliphatic hydroxyl groups excluding tert-OH is 1. The zero-order chi connectivity index (χ0) is 15.6. The fourth-order valence-corrected chi connectivity index (χ4v) is 2.32. The van der Waals surface area contributed by atoms with Gasteiger partial charge in [0.15, 0.2) is 0 Å². The Kier molecular flexibility index (Phi) is 4.39. The van der Waals surface area contributed by atoms with Gasteiger partial charge in [-0.1, -0.05) is 0 Å². The number of morpholine rings is 1. The number of nitro benzene ring substituents is 1. The van der Waals surface area contributed by atoms with Crippen LogP contribution in [0.4, 0.5) is 11.4 Å². The van der Waals surface area contributed by atoms with Crippen molar-refractivity contribution in [3.05, 3.63) is 33.9 Å². The standard InChI is InChI=1S/C13H16N2O6/c1-8-7-21-10(6-16)5-14(8)9-2-3-11(13(17)18)12(4-9)15(19)20/h2-4,8,10,16H,5-7H2,1H3,(H,17,18). The highest BCUT2D eigenvalue weighted by Crippen LogP contribution is 2.28. The highest BCUT2D eigenvalue weighted by Gasteiger charge is 2.28. The first-order chi connectivity index (χ1) is 9.93. The van der Waals surface area contributed by atoms with Crippen LogP contribution in [0.5, 0.6) is 0 Å². The average molecular weight is 296 g/mol. The van der Waals surface area contributed by atoms with Crippen molar-refractivity contribution in [2.75, 3.05) is 24.7 Å². The molecule has 8 heteroatoms. The fraction of sp³-hybridized carbons (Fsp3) is 0.462. The van der Waals surface area contributed by atoms with Gasteiger partial charge in [-0.25, -0.2) is 4.79 Å². The van der Waals surface area contributed by atoms with Crippen LogP contribution < -0.4 is 4.90 Å². The van der Waals surface area contributed by atoms with E-state index in [-0.39, 0.29) is 24.3 Å². The summed E-state index contributed by atoms with van der Waals surface area (Å²) in [5.74, 6) is -1.34. The highest BCUT2D eigenvalue weighted by atomic mass is 16.6. The van der Waals surface area contributed by atoms with E-state index in [4.69, 9.17) is 14.9 Å². The van der Waals surface area contributed by atoms with E-state index in [0.29, 0.717) is 18.8 Å². The molecule has 0 aromatic heterocycles. The normalized spacial score (nSPS) is 22.1. The first kappa shape index (κ1) is 15.2. The van der Waals surface area contributed by atoms with Gasteiger partial charge in [0.25, 0.3) is 5.69 Å². The Morgan fingerprint density at radius 2 is 2.29 bits per heavy atom. The zero-order valence-corrected chi connectivity index (χ0v) is 11.4. The summed E-state index contributed by atoms with van der Waals surface area (Å²) in [6, 6.07) is 3.99. The maximum Gasteiger partial charge on any atom is 0.342 e. The number of hydrogen-bond acceptors (Lipinski definition) is 6. The minimum Gasteiger partial charge on any atom is -0.477 e. The smallest absolute Gasteiger partial charge is 0.342 e. The van der Waals surface area contributed by atoms with Crippen LogP contribution in [0, 0.1) is 10.1 Å². The SMILES string of the molecule is CC1COC(CO)CN1c1ccc(C(=O)O)c([N+](=O)[O-])c1. The molecule has 0 amide bonds. The lowest BCUT2D eigenvalue weighted by molar-refractivity contribution is -0.385. The van der Waals surface area contributed by atoms with Gasteiger partial charge >= 0.3 is 5.97 Å². The molecule has 1 fully saturated rings. The third-order valence-electron chi connectivity index (χ3n) is 3.45. The molecule has 2 atom stereocenters. The lowest BCUT2D eigenvalue weighted by Crippen LogP contribution is -2.49. The van der Waals surface area contributed by atoms with E-state index in [9.17, 15) is 14.9 Å². The van der Waals surface area contributed by atoms with Crippen LogP contribution in [0.1, 0.15) is 17.3 Å². The second-order valence-electron chi connectivity index (χ2n) is 4.90. The number of carboxylic acids is 1. The number of rotatable bonds is 4. The first-order valence-electron chi connectivity index (χ1n) is 6.45. The lowest BCUT2D eigenvalue weighted by atomic mass is 10.1. The van der Waals surface area contributed by atoms with Crippen molar-refractivity contribution < 1.29 is 24.7 Å². The van der Waals surface area contributed by atoms with Crippen molar-refractivity contribution in [3.63, 3.8) is 0 Å². The molecule has 0 bridgehead atoms. The van der Waals surface area contributed by atoms with Crippen LogP contribution in [0.3, 0.4) is 0 Å². The van der Waals surface area contributed by atoms with Gasteiger partial charge in [-0.3, -0.25) is 10.1 Å². The molecule has 0 spiro atoms. The molecular formula is C13H16N2O6. The molecule has 0 aliphatic carbocycles. The number of nitrogens with zero attached hydrogens (tertiary/aromatic N) is 2. The summed E-state index contributed by atoms with van der Waals surface area (Å²) in [5.41, 5.74) is -0.247. The fourth-order valence-electron chi connectivity index (χ4n) is 2.32. The molecule has 0 radical (unpaired) electrons. The van der Waals surface area contributed by atoms with Gasteiger partial charge in [0, 0.05) is 24.3 Å². The number of aliphatic hydroxyl groups is 1. The highest BCUT2D eigenvalue weighted by molar-refractivity contribution is 5.93. The van der Waals surface area contributed by atoms with Crippen LogP contribution in [0.2, 0.25) is 0 Å². The Balaban J connectivity index is 2.37. The number of nitro groups is 1. The molecule has 1 aliphatic rings. The van der Waals surface area contributed by atoms with Crippen LogP contribution in [-0.2, 0) is 4.74 Å². The Morgan fingerprint density at radius 1 is 1.57 bits per heavy atom. The second kappa shape index (κ2) is 6.06. The Morgan fingerprint density at radius 3 is 2.86 bits per heavy atom. The molecule has 2 N–H and O–H groups in total. The monoisotopic (exact) mass is 296 g/mol. The topological polar surface area (TPSA) is 113 Å². The molecule has 1 heterocycles. The van der Waals surface area contributed by atoms with Crippen molar-refractivity contribution in [1.82, 2.24) is 0 Å². The van der Waals surface area contributed by atoms with Gasteiger partial charge in [-0.05, 0) is 19.1 Å². The summed E-state index contributed by atoms with van der Waals surface area (Å²) in [7, 11) is 0. The number of carbonyl (C=O) groups is 1. The van der Waals surface area contributed by atoms with Crippen molar-refractivity contribution in [2.45, 2.75) is 19.1 Å². The number of anilines is 1. The summed E-state index contributed by atoms with van der Waals surface area (Å²) in [5, 5.41) is 29.2. The minimum atomic E-state index is -1.34. The molecule has 2 unspecified atom stereocenters. The van der Waals surface area contributed by atoms with E-state index in [1.54, 1.807) is 0 Å². The molecule has 1 aromatic carbocycles. The minimum absolute atomic E-state index is 0.0249. The Labute approximate surface area is 120 Å². The number of ether oxygens (including phenoxy) is 1. The molecule has 1 aromatic rings. The van der Waals surface area contributed by atoms with E-state index in [1.807, 2.05) is 11.8 Å². The van der Waals surface area contributed by atoms with Gasteiger partial charge in [0.2, 0.25) is 0 Å². The number of carboxylic acid groups (broad SMARTS) is 1. The lowest BCUT2D eigenvalue weighted by Gasteiger charge is -2.39. The molecule has 0 saturated carbocycles. The number of benzene rings is 1.